The van der Waals surface area contributed by atoms with Crippen molar-refractivity contribution in [3.63, 3.8) is 0 Å². The predicted molar refractivity (Wildman–Crippen MR) is 123 cm³/mol. The van der Waals surface area contributed by atoms with Gasteiger partial charge >= 0.3 is 0 Å². The minimum atomic E-state index is -0.154. The zero-order valence-corrected chi connectivity index (χ0v) is 17.9. The maximum Gasteiger partial charge on any atom is 0.250 e. The summed E-state index contributed by atoms with van der Waals surface area (Å²) in [6.45, 7) is 8.29. The monoisotopic (exact) mass is 406 g/mol. The minimum Gasteiger partial charge on any atom is -0.372 e. The number of aryl methyl sites for hydroxylation is 1. The number of carbonyl (C=O) groups excluding carboxylic acids is 1. The normalized spacial score (nSPS) is 11.1. The van der Waals surface area contributed by atoms with Crippen LogP contribution in [0.3, 0.4) is 0 Å². The molecule has 0 spiro atoms. The van der Waals surface area contributed by atoms with Gasteiger partial charge in [-0.05, 0) is 56.2 Å². The Kier molecular flexibility index (Phi) is 7.25. The maximum absolute atomic E-state index is 12.1. The van der Waals surface area contributed by atoms with Gasteiger partial charge in [-0.1, -0.05) is 42.1 Å². The predicted octanol–water partition coefficient (Wildman–Crippen LogP) is 4.63. The van der Waals surface area contributed by atoms with Crippen LogP contribution in [0, 0.1) is 6.92 Å². The molecule has 0 aliphatic carbocycles. The van der Waals surface area contributed by atoms with Gasteiger partial charge in [0.15, 0.2) is 0 Å². The average molecular weight is 407 g/mol. The van der Waals surface area contributed by atoms with Crippen LogP contribution >= 0.6 is 11.8 Å². The van der Waals surface area contributed by atoms with Crippen LogP contribution < -0.4 is 10.3 Å². The Hall–Kier alpha value is -2.86. The molecule has 1 heterocycles. The first-order valence-electron chi connectivity index (χ1n) is 9.76. The first-order chi connectivity index (χ1) is 14.1. The molecule has 3 aromatic rings. The highest BCUT2D eigenvalue weighted by atomic mass is 32.2. The molecule has 5 nitrogen and oxygen atoms in total. The summed E-state index contributed by atoms with van der Waals surface area (Å²) in [4.78, 5) is 19.0. The molecule has 1 N–H and O–H groups in total. The van der Waals surface area contributed by atoms with Crippen molar-refractivity contribution in [1.29, 1.82) is 0 Å². The summed E-state index contributed by atoms with van der Waals surface area (Å²) in [6.07, 6.45) is 1.66. The molecule has 0 fully saturated rings. The molecule has 150 valence electrons. The Balaban J connectivity index is 1.52. The molecule has 0 bridgehead atoms. The summed E-state index contributed by atoms with van der Waals surface area (Å²) in [5.41, 5.74) is 6.82. The molecular formula is C23H26N4OS. The number of nitrogens with zero attached hydrogens (tertiary/aromatic N) is 3. The Morgan fingerprint density at radius 2 is 1.86 bits per heavy atom. The summed E-state index contributed by atoms with van der Waals surface area (Å²) in [5.74, 6) is 0.113. The third-order valence-electron chi connectivity index (χ3n) is 4.68. The molecule has 0 saturated heterocycles. The van der Waals surface area contributed by atoms with Crippen molar-refractivity contribution >= 4 is 40.5 Å². The van der Waals surface area contributed by atoms with Gasteiger partial charge in [-0.25, -0.2) is 10.4 Å². The van der Waals surface area contributed by atoms with E-state index in [-0.39, 0.29) is 11.7 Å². The SMILES string of the molecule is CCN(CC)c1ccc(/C=N/NC(=O)CSc2cc(C)c3ccccc3n2)cc1. The number of hydrogen-bond donors (Lipinski definition) is 1. The van der Waals surface area contributed by atoms with Gasteiger partial charge in [0.1, 0.15) is 0 Å². The smallest absolute Gasteiger partial charge is 0.250 e. The van der Waals surface area contributed by atoms with Crippen molar-refractivity contribution in [3.05, 3.63) is 65.7 Å². The number of hydrogen-bond acceptors (Lipinski definition) is 5. The van der Waals surface area contributed by atoms with Gasteiger partial charge in [-0.2, -0.15) is 5.10 Å². The quantitative estimate of drug-likeness (QED) is 0.337. The van der Waals surface area contributed by atoms with Crippen LogP contribution in [-0.4, -0.2) is 35.9 Å². The minimum absolute atomic E-state index is 0.154. The average Bonchev–Trinajstić information content (AvgIpc) is 2.74. The van der Waals surface area contributed by atoms with E-state index in [1.807, 2.05) is 36.4 Å². The lowest BCUT2D eigenvalue weighted by molar-refractivity contribution is -0.118. The van der Waals surface area contributed by atoms with Gasteiger partial charge in [-0.15, -0.1) is 0 Å². The summed E-state index contributed by atoms with van der Waals surface area (Å²) in [7, 11) is 0. The fourth-order valence-electron chi connectivity index (χ4n) is 3.10. The molecule has 0 radical (unpaired) electrons. The molecule has 1 aromatic heterocycles. The summed E-state index contributed by atoms with van der Waals surface area (Å²) < 4.78 is 0. The largest absolute Gasteiger partial charge is 0.372 e. The first kappa shape index (κ1) is 20.9. The number of hydrazone groups is 1. The number of thioether (sulfide) groups is 1. The van der Waals surface area contributed by atoms with E-state index in [2.05, 4.69) is 59.4 Å². The van der Waals surface area contributed by atoms with Gasteiger partial charge < -0.3 is 4.90 Å². The van der Waals surface area contributed by atoms with Crippen molar-refractivity contribution in [2.24, 2.45) is 5.10 Å². The molecule has 6 heteroatoms. The van der Waals surface area contributed by atoms with E-state index in [1.54, 1.807) is 6.21 Å². The van der Waals surface area contributed by atoms with Crippen molar-refractivity contribution in [3.8, 4) is 0 Å². The molecule has 3 rings (SSSR count). The third-order valence-corrected chi connectivity index (χ3v) is 5.59. The molecular weight excluding hydrogens is 380 g/mol. The molecule has 0 atom stereocenters. The first-order valence-corrected chi connectivity index (χ1v) is 10.8. The zero-order chi connectivity index (χ0) is 20.6. The van der Waals surface area contributed by atoms with Crippen LogP contribution in [0.15, 0.2) is 64.7 Å². The van der Waals surface area contributed by atoms with Crippen molar-refractivity contribution in [1.82, 2.24) is 10.4 Å². The second-order valence-corrected chi connectivity index (χ2v) is 7.64. The lowest BCUT2D eigenvalue weighted by Crippen LogP contribution is -2.21. The molecule has 2 aromatic carbocycles. The number of benzene rings is 2. The number of para-hydroxylation sites is 1. The van der Waals surface area contributed by atoms with Gasteiger partial charge in [0.25, 0.3) is 0 Å². The van der Waals surface area contributed by atoms with Crippen molar-refractivity contribution < 1.29 is 4.79 Å². The van der Waals surface area contributed by atoms with E-state index >= 15 is 0 Å². The number of rotatable bonds is 8. The van der Waals surface area contributed by atoms with E-state index < -0.39 is 0 Å². The topological polar surface area (TPSA) is 57.6 Å². The van der Waals surface area contributed by atoms with E-state index in [1.165, 1.54) is 17.4 Å². The van der Waals surface area contributed by atoms with Crippen LogP contribution in [-0.2, 0) is 4.79 Å². The number of fused-ring (bicyclic) bond motifs is 1. The van der Waals surface area contributed by atoms with E-state index in [0.29, 0.717) is 0 Å². The summed E-state index contributed by atoms with van der Waals surface area (Å²) in [5, 5.41) is 6.04. The number of anilines is 1. The fraction of sp³-hybridized carbons (Fsp3) is 0.261. The van der Waals surface area contributed by atoms with Crippen LogP contribution in [0.4, 0.5) is 5.69 Å². The maximum atomic E-state index is 12.1. The molecule has 0 saturated carbocycles. The van der Waals surface area contributed by atoms with E-state index in [4.69, 9.17) is 0 Å². The number of carbonyl (C=O) groups is 1. The number of pyridine rings is 1. The lowest BCUT2D eigenvalue weighted by atomic mass is 10.1. The van der Waals surface area contributed by atoms with E-state index in [0.717, 1.165) is 40.1 Å². The standard InChI is InChI=1S/C23H26N4OS/c1-4-27(5-2)19-12-10-18(11-13-19)15-24-26-22(28)16-29-23-14-17(3)20-8-6-7-9-21(20)25-23/h6-15H,4-5,16H2,1-3H3,(H,26,28)/b24-15+. The second kappa shape index (κ2) is 10.1. The Labute approximate surface area is 176 Å². The van der Waals surface area contributed by atoms with Gasteiger partial charge in [0.05, 0.1) is 22.5 Å². The molecule has 0 aliphatic rings. The Morgan fingerprint density at radius 3 is 2.59 bits per heavy atom. The highest BCUT2D eigenvalue weighted by molar-refractivity contribution is 7.99. The van der Waals surface area contributed by atoms with Crippen LogP contribution in [0.25, 0.3) is 10.9 Å². The highest BCUT2D eigenvalue weighted by Gasteiger charge is 2.06. The second-order valence-electron chi connectivity index (χ2n) is 6.64. The lowest BCUT2D eigenvalue weighted by Gasteiger charge is -2.20. The molecule has 29 heavy (non-hydrogen) atoms. The summed E-state index contributed by atoms with van der Waals surface area (Å²) in [6, 6.07) is 18.2. The zero-order valence-electron chi connectivity index (χ0n) is 17.1. The van der Waals surface area contributed by atoms with Crippen LogP contribution in [0.1, 0.15) is 25.0 Å². The third kappa shape index (κ3) is 5.57. The molecule has 0 unspecified atom stereocenters. The van der Waals surface area contributed by atoms with Crippen LogP contribution in [0.5, 0.6) is 0 Å². The number of aromatic nitrogens is 1. The molecule has 0 aliphatic heterocycles. The molecule has 1 amide bonds. The van der Waals surface area contributed by atoms with Crippen molar-refractivity contribution in [2.45, 2.75) is 25.8 Å². The van der Waals surface area contributed by atoms with Crippen LogP contribution in [0.2, 0.25) is 0 Å². The van der Waals surface area contributed by atoms with Gasteiger partial charge in [0, 0.05) is 24.2 Å². The van der Waals surface area contributed by atoms with Gasteiger partial charge in [-0.3, -0.25) is 4.79 Å². The highest BCUT2D eigenvalue weighted by Crippen LogP contribution is 2.23. The fourth-order valence-corrected chi connectivity index (χ4v) is 3.87. The van der Waals surface area contributed by atoms with E-state index in [9.17, 15) is 4.79 Å². The summed E-state index contributed by atoms with van der Waals surface area (Å²) >= 11 is 1.41. The Morgan fingerprint density at radius 1 is 1.14 bits per heavy atom. The van der Waals surface area contributed by atoms with Crippen molar-refractivity contribution in [2.75, 3.05) is 23.7 Å². The number of amides is 1. The number of nitrogens with one attached hydrogen (secondary N) is 1. The Bertz CT molecular complexity index is 997. The van der Waals surface area contributed by atoms with Gasteiger partial charge in [0.2, 0.25) is 5.91 Å².